The molecule has 26 heavy (non-hydrogen) atoms. The van der Waals surface area contributed by atoms with Gasteiger partial charge in [0.1, 0.15) is 6.61 Å². The number of hydrogen-bond donors (Lipinski definition) is 1. The highest BCUT2D eigenvalue weighted by Crippen LogP contribution is 2.12. The number of hydrogen-bond acceptors (Lipinski definition) is 3. The van der Waals surface area contributed by atoms with E-state index in [1.54, 1.807) is 0 Å². The monoisotopic (exact) mass is 367 g/mol. The van der Waals surface area contributed by atoms with Crippen LogP contribution in [0.4, 0.5) is 0 Å². The molecular weight excluding hydrogens is 326 g/mol. The summed E-state index contributed by atoms with van der Waals surface area (Å²) in [6.45, 7) is 5.36. The van der Waals surface area contributed by atoms with Gasteiger partial charge >= 0.3 is 5.97 Å². The summed E-state index contributed by atoms with van der Waals surface area (Å²) in [7, 11) is 0. The molecule has 0 saturated heterocycles. The number of amides is 1. The predicted octanol–water partition coefficient (Wildman–Crippen LogP) is 5.70. The van der Waals surface area contributed by atoms with E-state index in [1.807, 2.05) is 0 Å². The molecule has 0 aliphatic heterocycles. The summed E-state index contributed by atoms with van der Waals surface area (Å²) in [5.74, 6) is -0.411. The van der Waals surface area contributed by atoms with Gasteiger partial charge in [0.25, 0.3) is 0 Å². The third kappa shape index (κ3) is 19.0. The largest absolute Gasteiger partial charge is 0.464 e. The summed E-state index contributed by atoms with van der Waals surface area (Å²) >= 11 is 0. The summed E-state index contributed by atoms with van der Waals surface area (Å²) in [5, 5.41) is 2.81. The number of nitrogens with one attached hydrogen (secondary N) is 1. The highest BCUT2D eigenvalue weighted by Gasteiger charge is 2.09. The maximum atomic E-state index is 11.2. The van der Waals surface area contributed by atoms with Crippen LogP contribution in [0.2, 0.25) is 0 Å². The number of rotatable bonds is 17. The number of carbonyl (C=O) groups is 2. The van der Waals surface area contributed by atoms with Crippen LogP contribution in [0.1, 0.15) is 104 Å². The molecule has 1 atom stereocenters. The molecule has 152 valence electrons. The fourth-order valence-corrected chi connectivity index (χ4v) is 2.98. The molecule has 1 unspecified atom stereocenters. The van der Waals surface area contributed by atoms with Gasteiger partial charge in [-0.05, 0) is 19.3 Å². The maximum Gasteiger partial charge on any atom is 0.302 e. The van der Waals surface area contributed by atoms with Gasteiger partial charge in [-0.3, -0.25) is 9.59 Å². The molecular formula is C22H41NO3. The van der Waals surface area contributed by atoms with Crippen LogP contribution in [0, 0.1) is 0 Å². The Morgan fingerprint density at radius 2 is 1.38 bits per heavy atom. The van der Waals surface area contributed by atoms with Crippen LogP contribution >= 0.6 is 0 Å². The average Bonchev–Trinajstić information content (AvgIpc) is 2.59. The van der Waals surface area contributed by atoms with Gasteiger partial charge in [-0.2, -0.15) is 0 Å². The Kier molecular flexibility index (Phi) is 17.5. The van der Waals surface area contributed by atoms with Crippen molar-refractivity contribution in [2.24, 2.45) is 0 Å². The fraction of sp³-hybridized carbons (Fsp3) is 0.818. The van der Waals surface area contributed by atoms with E-state index in [1.165, 1.54) is 84.5 Å². The molecule has 0 saturated carbocycles. The van der Waals surface area contributed by atoms with E-state index in [2.05, 4.69) is 24.4 Å². The van der Waals surface area contributed by atoms with Crippen LogP contribution in [0.25, 0.3) is 0 Å². The van der Waals surface area contributed by atoms with Crippen molar-refractivity contribution in [1.29, 1.82) is 0 Å². The molecule has 0 spiro atoms. The summed E-state index contributed by atoms with van der Waals surface area (Å²) in [5.41, 5.74) is 0. The van der Waals surface area contributed by atoms with E-state index in [9.17, 15) is 9.59 Å². The van der Waals surface area contributed by atoms with Crippen LogP contribution in [-0.2, 0) is 14.3 Å². The van der Waals surface area contributed by atoms with E-state index in [0.717, 1.165) is 6.42 Å². The Morgan fingerprint density at radius 3 is 1.88 bits per heavy atom. The molecule has 0 rings (SSSR count). The third-order valence-corrected chi connectivity index (χ3v) is 4.46. The maximum absolute atomic E-state index is 11.2. The Morgan fingerprint density at radius 1 is 0.846 bits per heavy atom. The molecule has 0 aliphatic carbocycles. The normalized spacial score (nSPS) is 12.3. The summed E-state index contributed by atoms with van der Waals surface area (Å²) < 4.78 is 4.99. The van der Waals surface area contributed by atoms with E-state index in [-0.39, 0.29) is 24.5 Å². The van der Waals surface area contributed by atoms with Crippen molar-refractivity contribution in [3.05, 3.63) is 12.2 Å². The quantitative estimate of drug-likeness (QED) is 0.204. The van der Waals surface area contributed by atoms with E-state index < -0.39 is 0 Å². The second-order valence-electron chi connectivity index (χ2n) is 7.23. The minimum atomic E-state index is -0.315. The average molecular weight is 368 g/mol. The molecule has 0 aliphatic rings. The number of unbranched alkanes of at least 4 members (excludes halogenated alkanes) is 11. The van der Waals surface area contributed by atoms with Gasteiger partial charge in [0.2, 0.25) is 5.91 Å². The summed E-state index contributed by atoms with van der Waals surface area (Å²) in [6, 6.07) is -0.134. The van der Waals surface area contributed by atoms with Crippen molar-refractivity contribution >= 4 is 11.9 Å². The van der Waals surface area contributed by atoms with Crippen molar-refractivity contribution in [3.8, 4) is 0 Å². The zero-order valence-electron chi connectivity index (χ0n) is 17.4. The third-order valence-electron chi connectivity index (χ3n) is 4.46. The van der Waals surface area contributed by atoms with Crippen molar-refractivity contribution in [3.63, 3.8) is 0 Å². The van der Waals surface area contributed by atoms with Gasteiger partial charge in [-0.1, -0.05) is 83.3 Å². The van der Waals surface area contributed by atoms with Gasteiger partial charge < -0.3 is 10.1 Å². The molecule has 0 heterocycles. The first kappa shape index (κ1) is 24.7. The van der Waals surface area contributed by atoms with Crippen molar-refractivity contribution < 1.29 is 14.3 Å². The van der Waals surface area contributed by atoms with Gasteiger partial charge in [0.15, 0.2) is 0 Å². The predicted molar refractivity (Wildman–Crippen MR) is 109 cm³/mol. The number of allylic oxidation sites excluding steroid dienone is 1. The van der Waals surface area contributed by atoms with Gasteiger partial charge in [0.05, 0.1) is 6.04 Å². The molecule has 4 nitrogen and oxygen atoms in total. The van der Waals surface area contributed by atoms with Gasteiger partial charge in [-0.15, -0.1) is 0 Å². The van der Waals surface area contributed by atoms with Crippen LogP contribution in [0.3, 0.4) is 0 Å². The molecule has 0 bridgehead atoms. The second-order valence-corrected chi connectivity index (χ2v) is 7.23. The Bertz CT molecular complexity index is 380. The molecule has 0 aromatic heterocycles. The Hall–Kier alpha value is -1.32. The summed E-state index contributed by atoms with van der Waals surface area (Å²) in [4.78, 5) is 22.1. The van der Waals surface area contributed by atoms with Crippen LogP contribution in [-0.4, -0.2) is 24.5 Å². The molecule has 1 amide bonds. The highest BCUT2D eigenvalue weighted by atomic mass is 16.5. The first-order valence-corrected chi connectivity index (χ1v) is 10.6. The van der Waals surface area contributed by atoms with Crippen LogP contribution in [0.15, 0.2) is 12.2 Å². The van der Waals surface area contributed by atoms with Crippen molar-refractivity contribution in [2.45, 2.75) is 110 Å². The van der Waals surface area contributed by atoms with Gasteiger partial charge in [-0.25, -0.2) is 0 Å². The zero-order chi connectivity index (χ0) is 19.5. The lowest BCUT2D eigenvalue weighted by Gasteiger charge is -2.15. The number of carbonyl (C=O) groups excluding carboxylic acids is 2. The topological polar surface area (TPSA) is 55.4 Å². The molecule has 0 radical (unpaired) electrons. The van der Waals surface area contributed by atoms with Crippen LogP contribution < -0.4 is 5.32 Å². The van der Waals surface area contributed by atoms with Gasteiger partial charge in [0, 0.05) is 13.8 Å². The van der Waals surface area contributed by atoms with E-state index in [0.29, 0.717) is 6.42 Å². The SMILES string of the molecule is CCCCCCCCCCCCC/C=C/CC(COC(C)=O)NC(C)=O. The molecule has 4 heteroatoms. The van der Waals surface area contributed by atoms with E-state index >= 15 is 0 Å². The standard InChI is InChI=1S/C22H41NO3/c1-4-5-6-7-8-9-10-11-12-13-14-15-16-17-18-22(23-20(2)24)19-26-21(3)25/h16-17,22H,4-15,18-19H2,1-3H3,(H,23,24)/b17-16+. The lowest BCUT2D eigenvalue weighted by Crippen LogP contribution is -2.36. The van der Waals surface area contributed by atoms with E-state index in [4.69, 9.17) is 4.74 Å². The number of esters is 1. The van der Waals surface area contributed by atoms with Crippen LogP contribution in [0.5, 0.6) is 0 Å². The second kappa shape index (κ2) is 18.5. The fourth-order valence-electron chi connectivity index (χ4n) is 2.98. The Labute approximate surface area is 161 Å². The van der Waals surface area contributed by atoms with Crippen molar-refractivity contribution in [1.82, 2.24) is 5.32 Å². The lowest BCUT2D eigenvalue weighted by atomic mass is 10.1. The molecule has 1 N–H and O–H groups in total. The van der Waals surface area contributed by atoms with Crippen molar-refractivity contribution in [2.75, 3.05) is 6.61 Å². The Balaban J connectivity index is 3.54. The number of ether oxygens (including phenoxy) is 1. The minimum absolute atomic E-state index is 0.0964. The summed E-state index contributed by atoms with van der Waals surface area (Å²) in [6.07, 6.45) is 21.0. The first-order valence-electron chi connectivity index (χ1n) is 10.6. The molecule has 0 aromatic carbocycles. The lowest BCUT2D eigenvalue weighted by molar-refractivity contribution is -0.142. The zero-order valence-corrected chi connectivity index (χ0v) is 17.4. The molecule has 0 aromatic rings. The smallest absolute Gasteiger partial charge is 0.302 e. The highest BCUT2D eigenvalue weighted by molar-refractivity contribution is 5.73. The molecule has 0 fully saturated rings. The minimum Gasteiger partial charge on any atom is -0.464 e. The first-order chi connectivity index (χ1) is 12.6.